The Labute approximate surface area is 190 Å². The molecule has 3 rings (SSSR count). The minimum atomic E-state index is -0.702. The number of carbonyl (C=O) groups is 1. The zero-order valence-electron chi connectivity index (χ0n) is 20.8. The van der Waals surface area contributed by atoms with Crippen molar-refractivity contribution >= 4 is 5.97 Å². The number of fused-ring (bicyclic) bond motifs is 3. The van der Waals surface area contributed by atoms with Crippen molar-refractivity contribution in [3.05, 3.63) is 0 Å². The molecule has 4 heteroatoms. The summed E-state index contributed by atoms with van der Waals surface area (Å²) in [6.07, 6.45) is 7.70. The summed E-state index contributed by atoms with van der Waals surface area (Å²) in [7, 11) is 0. The number of carboxylic acids is 1. The van der Waals surface area contributed by atoms with Gasteiger partial charge in [-0.2, -0.15) is 0 Å². The maximum Gasteiger partial charge on any atom is 0.303 e. The van der Waals surface area contributed by atoms with Crippen molar-refractivity contribution in [2.75, 3.05) is 0 Å². The SMILES string of the molecule is CCC1C2C(CC[C@]1(C)[C@H](C)[C@H](C)CCC(=O)O)[C@@]1(C)CC[C@@H](O)C[C@H]1[C@@H](CC)[C@H]2O. The minimum absolute atomic E-state index is 0.129. The zero-order valence-corrected chi connectivity index (χ0v) is 20.8. The van der Waals surface area contributed by atoms with Crippen molar-refractivity contribution in [2.24, 2.45) is 52.3 Å². The molecule has 3 fully saturated rings. The summed E-state index contributed by atoms with van der Waals surface area (Å²) in [5.41, 5.74) is 0.348. The first-order valence-corrected chi connectivity index (χ1v) is 13.1. The van der Waals surface area contributed by atoms with Crippen LogP contribution in [0.5, 0.6) is 0 Å². The highest BCUT2D eigenvalue weighted by Crippen LogP contribution is 2.66. The van der Waals surface area contributed by atoms with E-state index in [4.69, 9.17) is 5.11 Å². The van der Waals surface area contributed by atoms with E-state index in [-0.39, 0.29) is 35.4 Å². The number of aliphatic hydroxyl groups excluding tert-OH is 2. The highest BCUT2D eigenvalue weighted by molar-refractivity contribution is 5.66. The van der Waals surface area contributed by atoms with Crippen LogP contribution in [0.15, 0.2) is 0 Å². The third kappa shape index (κ3) is 4.21. The van der Waals surface area contributed by atoms with Crippen molar-refractivity contribution < 1.29 is 20.1 Å². The van der Waals surface area contributed by atoms with E-state index < -0.39 is 5.97 Å². The van der Waals surface area contributed by atoms with Crippen LogP contribution in [0.2, 0.25) is 0 Å². The van der Waals surface area contributed by atoms with Crippen molar-refractivity contribution in [1.82, 2.24) is 0 Å². The number of aliphatic carboxylic acids is 1. The van der Waals surface area contributed by atoms with Crippen LogP contribution in [0.1, 0.15) is 99.3 Å². The summed E-state index contributed by atoms with van der Waals surface area (Å²) < 4.78 is 0. The summed E-state index contributed by atoms with van der Waals surface area (Å²) in [5.74, 6) is 2.10. The lowest BCUT2D eigenvalue weighted by atomic mass is 9.40. The van der Waals surface area contributed by atoms with Gasteiger partial charge in [0.2, 0.25) is 0 Å². The number of hydrogen-bond donors (Lipinski definition) is 3. The predicted molar refractivity (Wildman–Crippen MR) is 125 cm³/mol. The highest BCUT2D eigenvalue weighted by atomic mass is 16.4. The summed E-state index contributed by atoms with van der Waals surface area (Å²) in [5, 5.41) is 31.4. The number of rotatable bonds is 7. The molecule has 0 amide bonds. The van der Waals surface area contributed by atoms with E-state index in [1.165, 1.54) is 6.42 Å². The Morgan fingerprint density at radius 1 is 1.03 bits per heavy atom. The third-order valence-electron chi connectivity index (χ3n) is 11.0. The molecule has 0 bridgehead atoms. The maximum absolute atomic E-state index is 11.8. The van der Waals surface area contributed by atoms with Crippen LogP contribution in [-0.4, -0.2) is 33.5 Å². The standard InChI is InChI=1S/C27H48O4/c1-7-19-22-15-18(28)11-13-27(22,6)21-12-14-26(5,20(8-2)24(21)25(19)31)17(4)16(3)9-10-23(29)30/h16-22,24-25,28,31H,7-15H2,1-6H3,(H,29,30)/t16-,17-,18-,19-,20?,21?,22+,24?,25-,26-,27-/m1/s1. The van der Waals surface area contributed by atoms with E-state index in [2.05, 4.69) is 41.5 Å². The molecule has 3 saturated carbocycles. The van der Waals surface area contributed by atoms with E-state index in [1.807, 2.05) is 0 Å². The van der Waals surface area contributed by atoms with E-state index in [9.17, 15) is 15.0 Å². The van der Waals surface area contributed by atoms with Gasteiger partial charge >= 0.3 is 5.97 Å². The molecule has 0 saturated heterocycles. The molecule has 3 aliphatic rings. The van der Waals surface area contributed by atoms with Crippen molar-refractivity contribution in [3.8, 4) is 0 Å². The van der Waals surface area contributed by atoms with Gasteiger partial charge in [-0.15, -0.1) is 0 Å². The number of hydrogen-bond acceptors (Lipinski definition) is 3. The summed E-state index contributed by atoms with van der Waals surface area (Å²) in [6.45, 7) is 14.0. The first-order valence-electron chi connectivity index (χ1n) is 13.1. The molecule has 0 aromatic rings. The van der Waals surface area contributed by atoms with Gasteiger partial charge in [-0.25, -0.2) is 0 Å². The molecule has 0 spiro atoms. The van der Waals surface area contributed by atoms with Crippen LogP contribution in [0.25, 0.3) is 0 Å². The molecule has 0 radical (unpaired) electrons. The molecule has 180 valence electrons. The number of carboxylic acid groups (broad SMARTS) is 1. The average Bonchev–Trinajstić information content (AvgIpc) is 2.73. The second-order valence-corrected chi connectivity index (χ2v) is 12.0. The van der Waals surface area contributed by atoms with Gasteiger partial charge in [-0.1, -0.05) is 54.4 Å². The van der Waals surface area contributed by atoms with E-state index in [0.29, 0.717) is 35.5 Å². The summed E-state index contributed by atoms with van der Waals surface area (Å²) >= 11 is 0. The van der Waals surface area contributed by atoms with Gasteiger partial charge in [0, 0.05) is 6.42 Å². The molecule has 3 unspecified atom stereocenters. The van der Waals surface area contributed by atoms with Crippen LogP contribution < -0.4 is 0 Å². The fraction of sp³-hybridized carbons (Fsp3) is 0.963. The van der Waals surface area contributed by atoms with Gasteiger partial charge in [-0.3, -0.25) is 4.79 Å². The third-order valence-corrected chi connectivity index (χ3v) is 11.0. The van der Waals surface area contributed by atoms with Gasteiger partial charge in [0.05, 0.1) is 12.2 Å². The zero-order chi connectivity index (χ0) is 23.1. The Morgan fingerprint density at radius 3 is 2.29 bits per heavy atom. The molecule has 3 aliphatic carbocycles. The van der Waals surface area contributed by atoms with E-state index >= 15 is 0 Å². The van der Waals surface area contributed by atoms with Crippen molar-refractivity contribution in [1.29, 1.82) is 0 Å². The molecule has 31 heavy (non-hydrogen) atoms. The van der Waals surface area contributed by atoms with Crippen LogP contribution in [0.3, 0.4) is 0 Å². The molecule has 3 N–H and O–H groups in total. The lowest BCUT2D eigenvalue weighted by molar-refractivity contribution is -0.212. The Morgan fingerprint density at radius 2 is 1.71 bits per heavy atom. The van der Waals surface area contributed by atoms with Gasteiger partial charge < -0.3 is 15.3 Å². The minimum Gasteiger partial charge on any atom is -0.481 e. The van der Waals surface area contributed by atoms with Crippen molar-refractivity contribution in [2.45, 2.75) is 112 Å². The molecule has 0 aromatic heterocycles. The predicted octanol–water partition coefficient (Wildman–Crippen LogP) is 5.75. The van der Waals surface area contributed by atoms with Crippen molar-refractivity contribution in [3.63, 3.8) is 0 Å². The lowest BCUT2D eigenvalue weighted by Crippen LogP contribution is -2.63. The Kier molecular flexibility index (Phi) is 7.53. The fourth-order valence-electron chi connectivity index (χ4n) is 8.88. The highest BCUT2D eigenvalue weighted by Gasteiger charge is 2.62. The normalized spacial score (nSPS) is 47.2. The van der Waals surface area contributed by atoms with Crippen LogP contribution in [-0.2, 0) is 4.79 Å². The molecule has 4 nitrogen and oxygen atoms in total. The number of aliphatic hydroxyl groups is 2. The Balaban J connectivity index is 1.92. The summed E-state index contributed by atoms with van der Waals surface area (Å²) in [4.78, 5) is 11.1. The largest absolute Gasteiger partial charge is 0.481 e. The van der Waals surface area contributed by atoms with E-state index in [1.54, 1.807) is 0 Å². The average molecular weight is 437 g/mol. The topological polar surface area (TPSA) is 77.8 Å². The molecule has 11 atom stereocenters. The Bertz CT molecular complexity index is 635. The van der Waals surface area contributed by atoms with Gasteiger partial charge in [0.15, 0.2) is 0 Å². The van der Waals surface area contributed by atoms with Crippen LogP contribution in [0.4, 0.5) is 0 Å². The molecular formula is C27H48O4. The molecule has 0 heterocycles. The fourth-order valence-corrected chi connectivity index (χ4v) is 8.88. The second-order valence-electron chi connectivity index (χ2n) is 12.0. The molecule has 0 aliphatic heterocycles. The monoisotopic (exact) mass is 436 g/mol. The van der Waals surface area contributed by atoms with Gasteiger partial charge in [0.1, 0.15) is 0 Å². The van der Waals surface area contributed by atoms with Crippen LogP contribution >= 0.6 is 0 Å². The Hall–Kier alpha value is -0.610. The van der Waals surface area contributed by atoms with E-state index in [0.717, 1.165) is 44.9 Å². The quantitative estimate of drug-likeness (QED) is 0.475. The lowest BCUT2D eigenvalue weighted by Gasteiger charge is -2.66. The second kappa shape index (κ2) is 9.33. The first-order chi connectivity index (χ1) is 14.5. The maximum atomic E-state index is 11.8. The first kappa shape index (κ1) is 25.0. The molecular weight excluding hydrogens is 388 g/mol. The van der Waals surface area contributed by atoms with Gasteiger partial charge in [0.25, 0.3) is 0 Å². The summed E-state index contributed by atoms with van der Waals surface area (Å²) in [6, 6.07) is 0. The molecule has 0 aromatic carbocycles. The van der Waals surface area contributed by atoms with Crippen LogP contribution in [0, 0.1) is 52.3 Å². The van der Waals surface area contributed by atoms with Gasteiger partial charge in [-0.05, 0) is 90.8 Å². The smallest absolute Gasteiger partial charge is 0.303 e.